The Morgan fingerprint density at radius 2 is 2.07 bits per heavy atom. The van der Waals surface area contributed by atoms with Crippen molar-refractivity contribution in [3.05, 3.63) is 41.6 Å². The Morgan fingerprint density at radius 1 is 1.39 bits per heavy atom. The average Bonchev–Trinajstić information content (AvgIpc) is 2.58. The van der Waals surface area contributed by atoms with E-state index in [2.05, 4.69) is 10.3 Å². The maximum atomic E-state index is 12.4. The molecular formula is C18H20F3N3O4. The number of allylic oxidation sites excluding steroid dienone is 1. The van der Waals surface area contributed by atoms with E-state index >= 15 is 0 Å². The van der Waals surface area contributed by atoms with Crippen molar-refractivity contribution in [3.8, 4) is 5.75 Å². The number of carboxylic acid groups (broad SMARTS) is 1. The van der Waals surface area contributed by atoms with Gasteiger partial charge in [0.1, 0.15) is 11.5 Å². The first-order valence-corrected chi connectivity index (χ1v) is 8.32. The van der Waals surface area contributed by atoms with Gasteiger partial charge in [-0.25, -0.2) is 9.79 Å². The van der Waals surface area contributed by atoms with Gasteiger partial charge in [0.2, 0.25) is 5.91 Å². The average molecular weight is 399 g/mol. The Morgan fingerprint density at radius 3 is 2.64 bits per heavy atom. The molecular weight excluding hydrogens is 379 g/mol. The first kappa shape index (κ1) is 21.3. The molecule has 0 saturated carbocycles. The Hall–Kier alpha value is -3.04. The third-order valence-electron chi connectivity index (χ3n) is 3.99. The van der Waals surface area contributed by atoms with E-state index in [0.717, 1.165) is 0 Å². The number of aliphatic imine (C=N–C) groups is 1. The molecule has 1 aliphatic rings. The number of hydrogen-bond donors (Lipinski definition) is 2. The van der Waals surface area contributed by atoms with E-state index in [1.54, 1.807) is 30.9 Å². The quantitative estimate of drug-likeness (QED) is 0.768. The van der Waals surface area contributed by atoms with Crippen molar-refractivity contribution in [1.82, 2.24) is 10.2 Å². The Balaban J connectivity index is 2.30. The zero-order valence-corrected chi connectivity index (χ0v) is 15.4. The second kappa shape index (κ2) is 8.32. The maximum Gasteiger partial charge on any atom is 0.422 e. The van der Waals surface area contributed by atoms with Gasteiger partial charge in [0.15, 0.2) is 12.9 Å². The van der Waals surface area contributed by atoms with Crippen LogP contribution in [0.15, 0.2) is 41.0 Å². The molecule has 0 aliphatic carbocycles. The molecule has 2 unspecified atom stereocenters. The van der Waals surface area contributed by atoms with Crippen molar-refractivity contribution >= 4 is 17.6 Å². The zero-order chi connectivity index (χ0) is 21.1. The molecule has 2 rings (SSSR count). The first-order valence-electron chi connectivity index (χ1n) is 8.32. The summed E-state index contributed by atoms with van der Waals surface area (Å²) in [5.41, 5.74) is 0.930. The molecule has 10 heteroatoms. The number of aliphatic carboxylic acids is 1. The normalized spacial score (nSPS) is 18.1. The van der Waals surface area contributed by atoms with Gasteiger partial charge in [0.05, 0.1) is 6.04 Å². The lowest BCUT2D eigenvalue weighted by Crippen LogP contribution is -2.49. The molecule has 0 fully saturated rings. The molecule has 1 amide bonds. The molecule has 2 atom stereocenters. The number of carbonyl (C=O) groups is 2. The largest absolute Gasteiger partial charge is 0.484 e. The van der Waals surface area contributed by atoms with Crippen LogP contribution in [0.5, 0.6) is 5.75 Å². The monoisotopic (exact) mass is 399 g/mol. The topological polar surface area (TPSA) is 91.2 Å². The summed E-state index contributed by atoms with van der Waals surface area (Å²) >= 11 is 0. The van der Waals surface area contributed by atoms with Gasteiger partial charge in [-0.05, 0) is 37.6 Å². The molecule has 1 aromatic rings. The van der Waals surface area contributed by atoms with Gasteiger partial charge in [-0.1, -0.05) is 12.1 Å². The lowest BCUT2D eigenvalue weighted by Gasteiger charge is -2.39. The van der Waals surface area contributed by atoms with Crippen molar-refractivity contribution in [1.29, 1.82) is 0 Å². The van der Waals surface area contributed by atoms with E-state index in [9.17, 15) is 27.9 Å². The number of rotatable bonds is 6. The summed E-state index contributed by atoms with van der Waals surface area (Å²) in [7, 11) is 0. The van der Waals surface area contributed by atoms with Crippen LogP contribution in [0.1, 0.15) is 32.4 Å². The van der Waals surface area contributed by atoms with E-state index in [4.69, 9.17) is 4.74 Å². The minimum Gasteiger partial charge on any atom is -0.484 e. The lowest BCUT2D eigenvalue weighted by atomic mass is 10.0. The van der Waals surface area contributed by atoms with Crippen molar-refractivity contribution in [2.24, 2.45) is 4.99 Å². The van der Waals surface area contributed by atoms with Crippen LogP contribution >= 0.6 is 0 Å². The summed E-state index contributed by atoms with van der Waals surface area (Å²) in [6, 6.07) is 5.68. The van der Waals surface area contributed by atoms with E-state index in [1.807, 2.05) is 0 Å². The van der Waals surface area contributed by atoms with Crippen molar-refractivity contribution in [2.75, 3.05) is 6.61 Å². The zero-order valence-electron chi connectivity index (χ0n) is 15.4. The number of carboxylic acids is 1. The number of alkyl halides is 3. The highest BCUT2D eigenvalue weighted by Gasteiger charge is 2.31. The third-order valence-corrected chi connectivity index (χ3v) is 3.99. The van der Waals surface area contributed by atoms with E-state index in [-0.39, 0.29) is 11.5 Å². The second-order valence-corrected chi connectivity index (χ2v) is 6.24. The molecule has 1 aromatic carbocycles. The maximum absolute atomic E-state index is 12.4. The van der Waals surface area contributed by atoms with Crippen LogP contribution in [0.3, 0.4) is 0 Å². The van der Waals surface area contributed by atoms with Gasteiger partial charge >= 0.3 is 12.1 Å². The predicted octanol–water partition coefficient (Wildman–Crippen LogP) is 2.85. The number of benzene rings is 1. The Labute approximate surface area is 159 Å². The van der Waals surface area contributed by atoms with E-state index in [1.165, 1.54) is 25.1 Å². The molecule has 0 radical (unpaired) electrons. The van der Waals surface area contributed by atoms with Crippen LogP contribution in [0.25, 0.3) is 0 Å². The predicted molar refractivity (Wildman–Crippen MR) is 94.7 cm³/mol. The SMILES string of the molecule is CC(=O)NC1N=C(C(=O)O)C=C(C)N1C(C)c1cccc(OCC(F)(F)F)c1. The third kappa shape index (κ3) is 5.48. The molecule has 1 aliphatic heterocycles. The minimum absolute atomic E-state index is 0.0473. The van der Waals surface area contributed by atoms with Crippen LogP contribution < -0.4 is 10.1 Å². The summed E-state index contributed by atoms with van der Waals surface area (Å²) < 4.78 is 41.9. The van der Waals surface area contributed by atoms with Crippen LogP contribution in [0.2, 0.25) is 0 Å². The molecule has 0 aromatic heterocycles. The fourth-order valence-electron chi connectivity index (χ4n) is 2.80. The van der Waals surface area contributed by atoms with Gasteiger partial charge in [-0.3, -0.25) is 4.79 Å². The molecule has 2 N–H and O–H groups in total. The van der Waals surface area contributed by atoms with Crippen LogP contribution in [-0.2, 0) is 9.59 Å². The van der Waals surface area contributed by atoms with Crippen molar-refractivity contribution < 1.29 is 32.6 Å². The lowest BCUT2D eigenvalue weighted by molar-refractivity contribution is -0.153. The van der Waals surface area contributed by atoms with Gasteiger partial charge in [0, 0.05) is 12.6 Å². The summed E-state index contributed by atoms with van der Waals surface area (Å²) in [4.78, 5) is 28.5. The number of nitrogens with zero attached hydrogens (tertiary/aromatic N) is 2. The summed E-state index contributed by atoms with van der Waals surface area (Å²) in [6.07, 6.45) is -4.06. The van der Waals surface area contributed by atoms with Gasteiger partial charge in [-0.15, -0.1) is 0 Å². The first-order chi connectivity index (χ1) is 13.0. The van der Waals surface area contributed by atoms with Gasteiger partial charge in [-0.2, -0.15) is 13.2 Å². The number of carbonyl (C=O) groups excluding carboxylic acids is 1. The molecule has 152 valence electrons. The minimum atomic E-state index is -4.45. The number of amides is 1. The molecule has 1 heterocycles. The van der Waals surface area contributed by atoms with Crippen LogP contribution in [0.4, 0.5) is 13.2 Å². The van der Waals surface area contributed by atoms with Crippen LogP contribution in [-0.4, -0.2) is 46.7 Å². The number of halogens is 3. The molecule has 7 nitrogen and oxygen atoms in total. The molecule has 28 heavy (non-hydrogen) atoms. The highest BCUT2D eigenvalue weighted by molar-refractivity contribution is 6.40. The summed E-state index contributed by atoms with van der Waals surface area (Å²) in [6.45, 7) is 3.29. The fraction of sp³-hybridized carbons (Fsp3) is 0.389. The van der Waals surface area contributed by atoms with Crippen LogP contribution in [0, 0.1) is 0 Å². The fourth-order valence-corrected chi connectivity index (χ4v) is 2.80. The molecule has 0 saturated heterocycles. The number of nitrogens with one attached hydrogen (secondary N) is 1. The highest BCUT2D eigenvalue weighted by atomic mass is 19.4. The second-order valence-electron chi connectivity index (χ2n) is 6.24. The van der Waals surface area contributed by atoms with Gasteiger partial charge < -0.3 is 20.1 Å². The molecule has 0 bridgehead atoms. The van der Waals surface area contributed by atoms with Gasteiger partial charge in [0.25, 0.3) is 0 Å². The van der Waals surface area contributed by atoms with E-state index in [0.29, 0.717) is 11.3 Å². The number of ether oxygens (including phenoxy) is 1. The Kier molecular flexibility index (Phi) is 6.32. The van der Waals surface area contributed by atoms with Crippen molar-refractivity contribution in [2.45, 2.75) is 39.3 Å². The molecule has 0 spiro atoms. The number of hydrogen-bond acceptors (Lipinski definition) is 5. The summed E-state index contributed by atoms with van der Waals surface area (Å²) in [5.74, 6) is -1.59. The Bertz CT molecular complexity index is 821. The smallest absolute Gasteiger partial charge is 0.422 e. The van der Waals surface area contributed by atoms with Crippen molar-refractivity contribution in [3.63, 3.8) is 0 Å². The standard InChI is InChI=1S/C18H20F3N3O4/c1-10-7-15(16(26)27)23-17(22-12(3)25)24(10)11(2)13-5-4-6-14(8-13)28-9-18(19,20)21/h4-8,11,17H,9H2,1-3H3,(H,22,25)(H,26,27). The highest BCUT2D eigenvalue weighted by Crippen LogP contribution is 2.31. The van der Waals surface area contributed by atoms with E-state index < -0.39 is 37.0 Å². The summed E-state index contributed by atoms with van der Waals surface area (Å²) in [5, 5.41) is 11.8.